The maximum atomic E-state index is 12.8. The van der Waals surface area contributed by atoms with Crippen LogP contribution in [0.4, 0.5) is 0 Å². The first-order chi connectivity index (χ1) is 11.5. The molecule has 0 aromatic carbocycles. The molecule has 2 aliphatic heterocycles. The molecule has 0 bridgehead atoms. The Bertz CT molecular complexity index is 602. The molecule has 2 amide bonds. The van der Waals surface area contributed by atoms with Crippen LogP contribution in [0.25, 0.3) is 0 Å². The van der Waals surface area contributed by atoms with Crippen molar-refractivity contribution in [1.82, 2.24) is 14.4 Å². The summed E-state index contributed by atoms with van der Waals surface area (Å²) in [6.07, 6.45) is 7.81. The van der Waals surface area contributed by atoms with Gasteiger partial charge in [0, 0.05) is 45.8 Å². The van der Waals surface area contributed by atoms with E-state index < -0.39 is 0 Å². The third kappa shape index (κ3) is 3.82. The molecule has 0 saturated carbocycles. The fourth-order valence-electron chi connectivity index (χ4n) is 3.89. The highest BCUT2D eigenvalue weighted by atomic mass is 16.2. The zero-order valence-electron chi connectivity index (χ0n) is 15.0. The highest BCUT2D eigenvalue weighted by molar-refractivity contribution is 5.93. The smallest absolute Gasteiger partial charge is 0.270 e. The van der Waals surface area contributed by atoms with Crippen LogP contribution in [-0.2, 0) is 18.3 Å². The summed E-state index contributed by atoms with van der Waals surface area (Å²) in [6, 6.07) is 1.97. The first kappa shape index (κ1) is 17.1. The van der Waals surface area contributed by atoms with Crippen molar-refractivity contribution in [2.45, 2.75) is 45.4 Å². The molecule has 0 N–H and O–H groups in total. The number of nitrogens with zero attached hydrogens (tertiary/aromatic N) is 3. The van der Waals surface area contributed by atoms with E-state index in [-0.39, 0.29) is 11.8 Å². The van der Waals surface area contributed by atoms with Gasteiger partial charge >= 0.3 is 0 Å². The third-order valence-corrected chi connectivity index (χ3v) is 5.31. The van der Waals surface area contributed by atoms with E-state index in [1.54, 1.807) is 0 Å². The molecule has 5 heteroatoms. The van der Waals surface area contributed by atoms with Crippen LogP contribution >= 0.6 is 0 Å². The molecule has 1 aromatic heterocycles. The quantitative estimate of drug-likeness (QED) is 0.851. The number of piperidine rings is 1. The molecule has 3 rings (SSSR count). The summed E-state index contributed by atoms with van der Waals surface area (Å²) in [5, 5.41) is 0. The van der Waals surface area contributed by atoms with E-state index in [0.717, 1.165) is 56.7 Å². The van der Waals surface area contributed by atoms with Gasteiger partial charge in [-0.1, -0.05) is 6.92 Å². The van der Waals surface area contributed by atoms with Gasteiger partial charge in [0.2, 0.25) is 5.91 Å². The first-order valence-electron chi connectivity index (χ1n) is 9.27. The van der Waals surface area contributed by atoms with Gasteiger partial charge in [-0.2, -0.15) is 0 Å². The van der Waals surface area contributed by atoms with Crippen LogP contribution in [0.3, 0.4) is 0 Å². The van der Waals surface area contributed by atoms with Crippen molar-refractivity contribution in [3.05, 3.63) is 23.5 Å². The summed E-state index contributed by atoms with van der Waals surface area (Å²) in [7, 11) is 1.92. The number of aromatic nitrogens is 1. The molecule has 0 spiro atoms. The van der Waals surface area contributed by atoms with Gasteiger partial charge in [0.1, 0.15) is 5.69 Å². The van der Waals surface area contributed by atoms with Crippen molar-refractivity contribution in [3.63, 3.8) is 0 Å². The molecule has 24 heavy (non-hydrogen) atoms. The van der Waals surface area contributed by atoms with Crippen LogP contribution in [-0.4, -0.2) is 52.4 Å². The Kier molecular flexibility index (Phi) is 5.27. The molecular formula is C19H29N3O2. The first-order valence-corrected chi connectivity index (χ1v) is 9.27. The molecule has 0 aliphatic carbocycles. The second-order valence-electron chi connectivity index (χ2n) is 7.43. The van der Waals surface area contributed by atoms with Crippen LogP contribution in [0.15, 0.2) is 12.3 Å². The fraction of sp³-hybridized carbons (Fsp3) is 0.684. The maximum absolute atomic E-state index is 12.8. The Balaban J connectivity index is 1.59. The lowest BCUT2D eigenvalue weighted by atomic mass is 10.00. The second kappa shape index (κ2) is 7.41. The Morgan fingerprint density at radius 3 is 2.54 bits per heavy atom. The number of carbonyl (C=O) groups is 2. The van der Waals surface area contributed by atoms with Crippen molar-refractivity contribution in [3.8, 4) is 0 Å². The summed E-state index contributed by atoms with van der Waals surface area (Å²) in [5.41, 5.74) is 1.83. The highest BCUT2D eigenvalue weighted by Gasteiger charge is 2.24. The molecule has 3 heterocycles. The molecule has 5 nitrogen and oxygen atoms in total. The summed E-state index contributed by atoms with van der Waals surface area (Å²) in [6.45, 7) is 5.73. The molecule has 1 aromatic rings. The number of rotatable bonds is 4. The van der Waals surface area contributed by atoms with Gasteiger partial charge in [0.05, 0.1) is 0 Å². The Hall–Kier alpha value is -1.78. The van der Waals surface area contributed by atoms with Gasteiger partial charge in [0.15, 0.2) is 0 Å². The molecule has 2 saturated heterocycles. The van der Waals surface area contributed by atoms with E-state index in [2.05, 4.69) is 6.92 Å². The minimum absolute atomic E-state index is 0.126. The van der Waals surface area contributed by atoms with Gasteiger partial charge in [-0.05, 0) is 49.7 Å². The summed E-state index contributed by atoms with van der Waals surface area (Å²) < 4.78 is 1.91. The minimum Gasteiger partial charge on any atom is -0.346 e. The Morgan fingerprint density at radius 2 is 1.83 bits per heavy atom. The standard InChI is InChI=1S/C19H29N3O2/c1-15-6-5-11-22(13-15)19(24)17-12-16(14-20(17)2)7-8-18(23)21-9-3-4-10-21/h12,14-15H,3-11,13H2,1-2H3. The molecule has 1 atom stereocenters. The number of carbonyl (C=O) groups excluding carboxylic acids is 2. The minimum atomic E-state index is 0.126. The van der Waals surface area contributed by atoms with Gasteiger partial charge in [-0.3, -0.25) is 9.59 Å². The highest BCUT2D eigenvalue weighted by Crippen LogP contribution is 2.19. The van der Waals surface area contributed by atoms with Crippen LogP contribution in [0, 0.1) is 5.92 Å². The molecule has 2 fully saturated rings. The number of likely N-dealkylation sites (tertiary alicyclic amines) is 2. The van der Waals surface area contributed by atoms with Gasteiger partial charge in [-0.25, -0.2) is 0 Å². The van der Waals surface area contributed by atoms with Gasteiger partial charge < -0.3 is 14.4 Å². The summed E-state index contributed by atoms with van der Waals surface area (Å²) >= 11 is 0. The average Bonchev–Trinajstić information content (AvgIpc) is 3.21. The van der Waals surface area contributed by atoms with Crippen LogP contribution < -0.4 is 0 Å². The van der Waals surface area contributed by atoms with E-state index in [4.69, 9.17) is 0 Å². The molecule has 0 radical (unpaired) electrons. The SMILES string of the molecule is CC1CCCN(C(=O)c2cc(CCC(=O)N3CCCC3)cn2C)C1. The van der Waals surface area contributed by atoms with Crippen molar-refractivity contribution < 1.29 is 9.59 Å². The maximum Gasteiger partial charge on any atom is 0.270 e. The average molecular weight is 331 g/mol. The lowest BCUT2D eigenvalue weighted by Crippen LogP contribution is -2.39. The lowest BCUT2D eigenvalue weighted by molar-refractivity contribution is -0.130. The zero-order valence-corrected chi connectivity index (χ0v) is 15.0. The van der Waals surface area contributed by atoms with Crippen LogP contribution in [0.1, 0.15) is 55.1 Å². The largest absolute Gasteiger partial charge is 0.346 e. The topological polar surface area (TPSA) is 45.6 Å². The zero-order chi connectivity index (χ0) is 17.1. The van der Waals surface area contributed by atoms with E-state index in [1.165, 1.54) is 6.42 Å². The van der Waals surface area contributed by atoms with Gasteiger partial charge in [-0.15, -0.1) is 0 Å². The van der Waals surface area contributed by atoms with E-state index in [1.807, 2.05) is 33.7 Å². The Labute approximate surface area is 144 Å². The van der Waals surface area contributed by atoms with Crippen molar-refractivity contribution >= 4 is 11.8 Å². The van der Waals surface area contributed by atoms with Crippen molar-refractivity contribution in [2.75, 3.05) is 26.2 Å². The lowest BCUT2D eigenvalue weighted by Gasteiger charge is -2.31. The summed E-state index contributed by atoms with van der Waals surface area (Å²) in [4.78, 5) is 28.9. The number of amides is 2. The Morgan fingerprint density at radius 1 is 1.12 bits per heavy atom. The number of hydrogen-bond acceptors (Lipinski definition) is 2. The van der Waals surface area contributed by atoms with E-state index in [9.17, 15) is 9.59 Å². The monoisotopic (exact) mass is 331 g/mol. The van der Waals surface area contributed by atoms with Gasteiger partial charge in [0.25, 0.3) is 5.91 Å². The predicted molar refractivity (Wildman–Crippen MR) is 93.8 cm³/mol. The fourth-order valence-corrected chi connectivity index (χ4v) is 3.89. The van der Waals surface area contributed by atoms with E-state index in [0.29, 0.717) is 18.8 Å². The predicted octanol–water partition coefficient (Wildman–Crippen LogP) is 2.45. The normalized spacial score (nSPS) is 21.3. The van der Waals surface area contributed by atoms with Crippen LogP contribution in [0.2, 0.25) is 0 Å². The molecular weight excluding hydrogens is 302 g/mol. The second-order valence-corrected chi connectivity index (χ2v) is 7.43. The third-order valence-electron chi connectivity index (χ3n) is 5.31. The summed E-state index contributed by atoms with van der Waals surface area (Å²) in [5.74, 6) is 0.954. The molecule has 1 unspecified atom stereocenters. The number of aryl methyl sites for hydroxylation is 2. The number of hydrogen-bond donors (Lipinski definition) is 0. The van der Waals surface area contributed by atoms with E-state index >= 15 is 0 Å². The van der Waals surface area contributed by atoms with Crippen molar-refractivity contribution in [1.29, 1.82) is 0 Å². The molecule has 132 valence electrons. The molecule has 2 aliphatic rings. The van der Waals surface area contributed by atoms with Crippen LogP contribution in [0.5, 0.6) is 0 Å². The van der Waals surface area contributed by atoms with Crippen molar-refractivity contribution in [2.24, 2.45) is 13.0 Å².